The summed E-state index contributed by atoms with van der Waals surface area (Å²) in [5, 5.41) is 0. The van der Waals surface area contributed by atoms with Crippen molar-refractivity contribution in [3.63, 3.8) is 0 Å². The summed E-state index contributed by atoms with van der Waals surface area (Å²) in [6.07, 6.45) is 0. The van der Waals surface area contributed by atoms with Crippen molar-refractivity contribution in [1.29, 1.82) is 0 Å². The maximum atomic E-state index is 8.40. The number of halogens is 1. The van der Waals surface area contributed by atoms with E-state index in [4.69, 9.17) is 8.92 Å². The molecule has 0 radical (unpaired) electrons. The Bertz CT molecular complexity index is 30.6. The van der Waals surface area contributed by atoms with Crippen LogP contribution in [0.25, 0.3) is 0 Å². The summed E-state index contributed by atoms with van der Waals surface area (Å²) in [4.78, 5) is 0. The van der Waals surface area contributed by atoms with Crippen LogP contribution in [0.5, 0.6) is 0 Å². The fraction of sp³-hybridized carbons (Fsp3) is 0. The molecular formula is H3CaFO2Si. The minimum absolute atomic E-state index is 0. The van der Waals surface area contributed by atoms with Crippen molar-refractivity contribution in [1.82, 2.24) is 0 Å². The Morgan fingerprint density at radius 3 is 1.20 bits per heavy atom. The molecule has 5 heteroatoms. The summed E-state index contributed by atoms with van der Waals surface area (Å²) in [6, 6.07) is 0. The van der Waals surface area contributed by atoms with E-state index in [1.165, 1.54) is 0 Å². The normalized spacial score (nSPS) is 1.60. The van der Waals surface area contributed by atoms with Gasteiger partial charge in [0.2, 0.25) is 0 Å². The maximum absolute atomic E-state index is 8.40. The number of hydrogen-bond donors (Lipinski definition) is 0. The topological polar surface area (TPSA) is 34.1 Å². The van der Waals surface area contributed by atoms with Crippen LogP contribution in [-0.2, 0) is 8.92 Å². The third kappa shape index (κ3) is 44.7. The molecule has 0 spiro atoms. The van der Waals surface area contributed by atoms with Crippen molar-refractivity contribution in [3.8, 4) is 0 Å². The predicted molar refractivity (Wildman–Crippen MR) is 18.2 cm³/mol. The molecule has 0 saturated carbocycles. The Labute approximate surface area is 60.2 Å². The first-order valence-corrected chi connectivity index (χ1v) is 1.22. The third-order valence-corrected chi connectivity index (χ3v) is 0. The Morgan fingerprint density at radius 1 is 1.20 bits per heavy atom. The van der Waals surface area contributed by atoms with Crippen LogP contribution in [0, 0.1) is 0 Å². The zero-order chi connectivity index (χ0) is 2.71. The Balaban J connectivity index is -0.0000000200. The van der Waals surface area contributed by atoms with Gasteiger partial charge in [0.05, 0.1) is 0 Å². The van der Waals surface area contributed by atoms with E-state index in [2.05, 4.69) is 0 Å². The van der Waals surface area contributed by atoms with Crippen LogP contribution >= 0.6 is 0 Å². The molecule has 0 aliphatic rings. The quantitative estimate of drug-likeness (QED) is 0.371. The van der Waals surface area contributed by atoms with E-state index in [1.54, 1.807) is 0 Å². The first-order valence-electron chi connectivity index (χ1n) is 0.408. The van der Waals surface area contributed by atoms with Crippen LogP contribution in [0.3, 0.4) is 0 Å². The van der Waals surface area contributed by atoms with Crippen LogP contribution in [0.15, 0.2) is 0 Å². The molecule has 0 aromatic heterocycles. The van der Waals surface area contributed by atoms with Crippen LogP contribution in [-0.4, -0.2) is 47.0 Å². The van der Waals surface area contributed by atoms with E-state index in [-0.39, 0.29) is 42.4 Å². The van der Waals surface area contributed by atoms with Gasteiger partial charge < -0.3 is 0 Å². The first kappa shape index (κ1) is 16.7. The first-order chi connectivity index (χ1) is 1.41. The second kappa shape index (κ2) is 20.0. The molecule has 0 aromatic rings. The van der Waals surface area contributed by atoms with Gasteiger partial charge in [0.15, 0.2) is 0 Å². The molecule has 0 N–H and O–H groups in total. The minimum atomic E-state index is -1.42. The molecule has 0 aromatic carbocycles. The fourth-order valence-corrected chi connectivity index (χ4v) is 0. The van der Waals surface area contributed by atoms with Crippen LogP contribution in [0.4, 0.5) is 4.70 Å². The van der Waals surface area contributed by atoms with Gasteiger partial charge in [-0.15, -0.1) is 0 Å². The monoisotopic (exact) mass is 122 g/mol. The Hall–Kier alpha value is 1.01. The SMILES string of the molecule is F.O=[Si]=O.[CaH2]. The summed E-state index contributed by atoms with van der Waals surface area (Å²) in [6.45, 7) is 0. The van der Waals surface area contributed by atoms with Crippen molar-refractivity contribution in [2.45, 2.75) is 0 Å². The van der Waals surface area contributed by atoms with Crippen molar-refractivity contribution >= 4 is 47.0 Å². The van der Waals surface area contributed by atoms with Crippen molar-refractivity contribution in [3.05, 3.63) is 0 Å². The van der Waals surface area contributed by atoms with Gasteiger partial charge >= 0.3 is 47.0 Å². The van der Waals surface area contributed by atoms with Gasteiger partial charge in [-0.1, -0.05) is 0 Å². The number of hydrogen-bond acceptors (Lipinski definition) is 2. The summed E-state index contributed by atoms with van der Waals surface area (Å²) >= 11 is 0. The number of rotatable bonds is 0. The van der Waals surface area contributed by atoms with Gasteiger partial charge in [0.1, 0.15) is 0 Å². The molecule has 0 rings (SSSR count). The molecule has 0 aliphatic heterocycles. The zero-order valence-electron chi connectivity index (χ0n) is 1.72. The van der Waals surface area contributed by atoms with Crippen molar-refractivity contribution < 1.29 is 13.6 Å². The molecule has 0 amide bonds. The van der Waals surface area contributed by atoms with Gasteiger partial charge in [0.25, 0.3) is 0 Å². The van der Waals surface area contributed by atoms with Crippen LogP contribution in [0.2, 0.25) is 0 Å². The summed E-state index contributed by atoms with van der Waals surface area (Å²) in [5.41, 5.74) is 0. The van der Waals surface area contributed by atoms with E-state index in [0.29, 0.717) is 0 Å². The van der Waals surface area contributed by atoms with E-state index in [1.807, 2.05) is 0 Å². The van der Waals surface area contributed by atoms with Crippen LogP contribution < -0.4 is 0 Å². The van der Waals surface area contributed by atoms with Gasteiger partial charge in [-0.3, -0.25) is 13.6 Å². The molecule has 0 aliphatic carbocycles. The van der Waals surface area contributed by atoms with E-state index in [9.17, 15) is 0 Å². The van der Waals surface area contributed by atoms with Gasteiger partial charge in [0, 0.05) is 0 Å². The molecule has 0 atom stereocenters. The van der Waals surface area contributed by atoms with Gasteiger partial charge in [-0.25, -0.2) is 0 Å². The van der Waals surface area contributed by atoms with Crippen molar-refractivity contribution in [2.24, 2.45) is 0 Å². The molecule has 2 nitrogen and oxygen atoms in total. The molecule has 28 valence electrons. The Kier molecular flexibility index (Phi) is 66.5. The average molecular weight is 122 g/mol. The third-order valence-electron chi connectivity index (χ3n) is 0. The van der Waals surface area contributed by atoms with Crippen LogP contribution in [0.1, 0.15) is 0 Å². The zero-order valence-corrected chi connectivity index (χ0v) is 2.72. The average Bonchev–Trinajstić information content (AvgIpc) is 0.918. The van der Waals surface area contributed by atoms with E-state index >= 15 is 0 Å². The van der Waals surface area contributed by atoms with E-state index < -0.39 is 9.29 Å². The van der Waals surface area contributed by atoms with Gasteiger partial charge in [-0.2, -0.15) is 0 Å². The Morgan fingerprint density at radius 2 is 1.20 bits per heavy atom. The second-order valence-corrected chi connectivity index (χ2v) is 0.250. The van der Waals surface area contributed by atoms with Gasteiger partial charge in [-0.05, 0) is 0 Å². The fourth-order valence-electron chi connectivity index (χ4n) is 0. The molecule has 0 fully saturated rings. The summed E-state index contributed by atoms with van der Waals surface area (Å²) in [7, 11) is -1.42. The summed E-state index contributed by atoms with van der Waals surface area (Å²) < 4.78 is 16.8. The molecule has 0 saturated heterocycles. The summed E-state index contributed by atoms with van der Waals surface area (Å²) in [5.74, 6) is 0. The molecule has 0 bridgehead atoms. The molecule has 0 unspecified atom stereocenters. The molecular weight excluding hydrogens is 119 g/mol. The molecule has 0 heterocycles. The predicted octanol–water partition coefficient (Wildman–Crippen LogP) is -1.38. The van der Waals surface area contributed by atoms with E-state index in [0.717, 1.165) is 0 Å². The second-order valence-electron chi connectivity index (χ2n) is 0.0833. The van der Waals surface area contributed by atoms with Crippen molar-refractivity contribution in [2.75, 3.05) is 0 Å². The molecule has 5 heavy (non-hydrogen) atoms. The standard InChI is InChI=1S/Ca.FH.O2Si.2H/c;;1-3-2;;/h;1H;;;.